The van der Waals surface area contributed by atoms with Gasteiger partial charge in [-0.3, -0.25) is 0 Å². The number of ether oxygens (including phenoxy) is 1. The normalized spacial score (nSPS) is 12.0. The molecule has 25 heavy (non-hydrogen) atoms. The Morgan fingerprint density at radius 2 is 1.24 bits per heavy atom. The summed E-state index contributed by atoms with van der Waals surface area (Å²) in [5, 5.41) is 0. The predicted octanol–water partition coefficient (Wildman–Crippen LogP) is 7.61. The van der Waals surface area contributed by atoms with E-state index in [0.717, 1.165) is 25.7 Å². The molecule has 0 rings (SSSR count). The summed E-state index contributed by atoms with van der Waals surface area (Å²) in [6, 6.07) is 0. The van der Waals surface area contributed by atoms with Crippen molar-refractivity contribution < 1.29 is 9.53 Å². The van der Waals surface area contributed by atoms with E-state index >= 15 is 0 Å². The monoisotopic (exact) mass is 352 g/mol. The van der Waals surface area contributed by atoms with Crippen molar-refractivity contribution in [1.29, 1.82) is 0 Å². The fourth-order valence-electron chi connectivity index (χ4n) is 3.45. The van der Waals surface area contributed by atoms with E-state index in [1.165, 1.54) is 96.3 Å². The van der Waals surface area contributed by atoms with Crippen molar-refractivity contribution >= 4 is 6.29 Å². The van der Waals surface area contributed by atoms with Crippen LogP contribution < -0.4 is 0 Å². The molecule has 0 heterocycles. The van der Waals surface area contributed by atoms with Gasteiger partial charge in [0.15, 0.2) is 0 Å². The maximum atomic E-state index is 10.3. The first-order valence-electron chi connectivity index (χ1n) is 11.0. The summed E-state index contributed by atoms with van der Waals surface area (Å²) >= 11 is 0. The fourth-order valence-corrected chi connectivity index (χ4v) is 3.45. The molecule has 0 N–H and O–H groups in total. The van der Waals surface area contributed by atoms with E-state index in [1.54, 1.807) is 6.26 Å². The van der Waals surface area contributed by atoms with Gasteiger partial charge in [-0.05, 0) is 25.2 Å². The van der Waals surface area contributed by atoms with Crippen molar-refractivity contribution in [3.63, 3.8) is 0 Å². The summed E-state index contributed by atoms with van der Waals surface area (Å²) < 4.78 is 5.47. The van der Waals surface area contributed by atoms with E-state index in [-0.39, 0.29) is 0 Å². The van der Waals surface area contributed by atoms with Crippen LogP contribution in [0.4, 0.5) is 0 Å². The predicted molar refractivity (Wildman–Crippen MR) is 110 cm³/mol. The van der Waals surface area contributed by atoms with Crippen LogP contribution in [0.1, 0.15) is 116 Å². The average Bonchev–Trinajstić information content (AvgIpc) is 2.63. The van der Waals surface area contributed by atoms with Crippen LogP contribution >= 0.6 is 0 Å². The molecular formula is C23H44O2. The maximum Gasteiger partial charge on any atom is 0.119 e. The molecule has 0 spiro atoms. The molecule has 0 radical (unpaired) electrons. The number of carbonyl (C=O) groups is 1. The lowest BCUT2D eigenvalue weighted by molar-refractivity contribution is -0.107. The molecule has 0 aliphatic carbocycles. The molecule has 1 unspecified atom stereocenters. The van der Waals surface area contributed by atoms with E-state index in [9.17, 15) is 4.79 Å². The maximum absolute atomic E-state index is 10.3. The lowest BCUT2D eigenvalue weighted by Gasteiger charge is -2.16. The van der Waals surface area contributed by atoms with Gasteiger partial charge in [-0.25, -0.2) is 0 Å². The molecule has 0 saturated heterocycles. The molecule has 0 aromatic heterocycles. The first-order chi connectivity index (χ1) is 12.3. The Morgan fingerprint density at radius 3 is 1.72 bits per heavy atom. The zero-order valence-corrected chi connectivity index (χ0v) is 17.0. The van der Waals surface area contributed by atoms with E-state index in [4.69, 9.17) is 4.74 Å². The molecule has 0 amide bonds. The lowest BCUT2D eigenvalue weighted by Crippen LogP contribution is -2.08. The minimum Gasteiger partial charge on any atom is -0.502 e. The number of carbonyl (C=O) groups excluding carboxylic acids is 1. The zero-order valence-electron chi connectivity index (χ0n) is 17.0. The van der Waals surface area contributed by atoms with Crippen LogP contribution in [-0.4, -0.2) is 12.9 Å². The second-order valence-corrected chi connectivity index (χ2v) is 7.49. The third-order valence-electron chi connectivity index (χ3n) is 5.10. The summed E-state index contributed by atoms with van der Waals surface area (Å²) in [5.74, 6) is 0.702. The van der Waals surface area contributed by atoms with Gasteiger partial charge in [0.1, 0.15) is 6.29 Å². The Bertz CT molecular complexity index is 275. The highest BCUT2D eigenvalue weighted by Crippen LogP contribution is 2.20. The van der Waals surface area contributed by atoms with E-state index < -0.39 is 0 Å². The molecule has 148 valence electrons. The molecule has 0 bridgehead atoms. The van der Waals surface area contributed by atoms with Gasteiger partial charge in [0.2, 0.25) is 0 Å². The van der Waals surface area contributed by atoms with Crippen LogP contribution in [0.15, 0.2) is 12.8 Å². The van der Waals surface area contributed by atoms with E-state index in [0.29, 0.717) is 5.92 Å². The molecule has 2 nitrogen and oxygen atoms in total. The van der Waals surface area contributed by atoms with Crippen molar-refractivity contribution in [2.24, 2.45) is 5.92 Å². The largest absolute Gasteiger partial charge is 0.502 e. The molecule has 1 atom stereocenters. The smallest absolute Gasteiger partial charge is 0.119 e. The standard InChI is InChI=1S/C23H44O2/c1-3-5-6-7-8-10-13-16-19-23(22-25-4-2)20-17-14-11-9-12-15-18-21-24/h4,21,23H,2-3,5-20,22H2,1H3. The van der Waals surface area contributed by atoms with Gasteiger partial charge in [-0.1, -0.05) is 97.0 Å². The zero-order chi connectivity index (χ0) is 18.4. The third-order valence-corrected chi connectivity index (χ3v) is 5.10. The number of hydrogen-bond acceptors (Lipinski definition) is 2. The quantitative estimate of drug-likeness (QED) is 0.121. The molecule has 2 heteroatoms. The van der Waals surface area contributed by atoms with Crippen LogP contribution in [0.25, 0.3) is 0 Å². The summed E-state index contributed by atoms with van der Waals surface area (Å²) in [5.41, 5.74) is 0. The third kappa shape index (κ3) is 19.4. The SMILES string of the molecule is C=COCC(CCCCCCCCC=O)CCCCCCCCCC. The highest BCUT2D eigenvalue weighted by molar-refractivity contribution is 5.48. The molecular weight excluding hydrogens is 308 g/mol. The van der Waals surface area contributed by atoms with Crippen molar-refractivity contribution in [3.8, 4) is 0 Å². The Hall–Kier alpha value is -0.790. The van der Waals surface area contributed by atoms with Crippen LogP contribution in [-0.2, 0) is 9.53 Å². The Morgan fingerprint density at radius 1 is 0.760 bits per heavy atom. The summed E-state index contributed by atoms with van der Waals surface area (Å²) in [6.07, 6.45) is 24.6. The van der Waals surface area contributed by atoms with Crippen molar-refractivity contribution in [2.75, 3.05) is 6.61 Å². The molecule has 0 aliphatic heterocycles. The highest BCUT2D eigenvalue weighted by atomic mass is 16.5. The van der Waals surface area contributed by atoms with Crippen molar-refractivity contribution in [1.82, 2.24) is 0 Å². The Labute approximate surface area is 157 Å². The number of hydrogen-bond donors (Lipinski definition) is 0. The lowest BCUT2D eigenvalue weighted by atomic mass is 9.94. The number of unbranched alkanes of at least 4 members (excludes halogenated alkanes) is 13. The molecule has 0 aliphatic rings. The van der Waals surface area contributed by atoms with Gasteiger partial charge >= 0.3 is 0 Å². The Balaban J connectivity index is 3.57. The van der Waals surface area contributed by atoms with Gasteiger partial charge in [0.25, 0.3) is 0 Å². The topological polar surface area (TPSA) is 26.3 Å². The first kappa shape index (κ1) is 24.2. The summed E-state index contributed by atoms with van der Waals surface area (Å²) in [6.45, 7) is 6.80. The van der Waals surface area contributed by atoms with Crippen LogP contribution in [0, 0.1) is 5.92 Å². The van der Waals surface area contributed by atoms with Crippen LogP contribution in [0.2, 0.25) is 0 Å². The molecule has 0 saturated carbocycles. The second-order valence-electron chi connectivity index (χ2n) is 7.49. The van der Waals surface area contributed by atoms with Gasteiger partial charge < -0.3 is 9.53 Å². The van der Waals surface area contributed by atoms with Gasteiger partial charge in [0, 0.05) is 6.42 Å². The van der Waals surface area contributed by atoms with Crippen LogP contribution in [0.5, 0.6) is 0 Å². The first-order valence-corrected chi connectivity index (χ1v) is 11.0. The number of rotatable bonds is 21. The highest BCUT2D eigenvalue weighted by Gasteiger charge is 2.08. The second kappa shape index (κ2) is 21.3. The van der Waals surface area contributed by atoms with Gasteiger partial charge in [-0.15, -0.1) is 0 Å². The minimum atomic E-state index is 0.702. The van der Waals surface area contributed by atoms with Gasteiger partial charge in [-0.2, -0.15) is 0 Å². The molecule has 0 aromatic rings. The molecule has 0 aromatic carbocycles. The summed E-state index contributed by atoms with van der Waals surface area (Å²) in [4.78, 5) is 10.3. The minimum absolute atomic E-state index is 0.702. The molecule has 0 fully saturated rings. The van der Waals surface area contributed by atoms with E-state index in [2.05, 4.69) is 13.5 Å². The Kier molecular flexibility index (Phi) is 20.6. The summed E-state index contributed by atoms with van der Waals surface area (Å²) in [7, 11) is 0. The fraction of sp³-hybridized carbons (Fsp3) is 0.870. The average molecular weight is 353 g/mol. The van der Waals surface area contributed by atoms with E-state index in [1.807, 2.05) is 0 Å². The van der Waals surface area contributed by atoms with Gasteiger partial charge in [0.05, 0.1) is 12.9 Å². The van der Waals surface area contributed by atoms with Crippen LogP contribution in [0.3, 0.4) is 0 Å². The van der Waals surface area contributed by atoms with Crippen molar-refractivity contribution in [3.05, 3.63) is 12.8 Å². The number of aldehydes is 1. The van der Waals surface area contributed by atoms with Crippen molar-refractivity contribution in [2.45, 2.75) is 116 Å².